The van der Waals surface area contributed by atoms with Crippen molar-refractivity contribution in [2.75, 3.05) is 0 Å². The molecule has 2 atom stereocenters. The number of nitrogens with one attached hydrogen (secondary N) is 2. The van der Waals surface area contributed by atoms with Crippen molar-refractivity contribution in [3.05, 3.63) is 33.1 Å². The Morgan fingerprint density at radius 2 is 1.65 bits per heavy atom. The first kappa shape index (κ1) is 14.1. The Labute approximate surface area is 97.1 Å². The third-order valence-corrected chi connectivity index (χ3v) is 2.26. The number of hydrogen-bond donors (Lipinski definition) is 4. The zero-order valence-corrected chi connectivity index (χ0v) is 8.63. The number of alkyl halides is 3. The minimum atomic E-state index is -4.92. The van der Waals surface area contributed by atoms with Crippen LogP contribution in [0.3, 0.4) is 0 Å². The highest BCUT2D eigenvalue weighted by molar-refractivity contribution is 6.33. The van der Waals surface area contributed by atoms with Gasteiger partial charge in [0.2, 0.25) is 0 Å². The van der Waals surface area contributed by atoms with Crippen molar-refractivity contribution >= 4 is 23.0 Å². The highest BCUT2D eigenvalue weighted by atomic mass is 35.5. The smallest absolute Gasteiger partial charge is 0.418 e. The van der Waals surface area contributed by atoms with E-state index < -0.39 is 38.6 Å². The van der Waals surface area contributed by atoms with Crippen LogP contribution >= 0.6 is 11.6 Å². The standard InChI is InChI=1S/C7H6ClF3N2O4/c8-6-4(7(9,10)11)1-3(12(14)15)2-5(6)13(16)17/h1-2,12-14,16H. The zero-order valence-electron chi connectivity index (χ0n) is 7.88. The summed E-state index contributed by atoms with van der Waals surface area (Å²) in [5.74, 6) is 0. The Kier molecular flexibility index (Phi) is 3.94. The Morgan fingerprint density at radius 3 is 2.00 bits per heavy atom. The monoisotopic (exact) mass is 274 g/mol. The van der Waals surface area contributed by atoms with Gasteiger partial charge in [-0.3, -0.25) is 0 Å². The molecule has 1 aromatic carbocycles. The molecule has 4 N–H and O–H groups in total. The summed E-state index contributed by atoms with van der Waals surface area (Å²) >= 11 is 5.27. The van der Waals surface area contributed by atoms with Gasteiger partial charge in [-0.15, -0.1) is 0 Å². The SMILES string of the molecule is [O-][NH+](O)c1cc([NH+]([O-])O)c(Cl)c(C(F)(F)F)c1. The van der Waals surface area contributed by atoms with Crippen molar-refractivity contribution in [2.45, 2.75) is 6.18 Å². The number of halogens is 4. The van der Waals surface area contributed by atoms with Crippen LogP contribution in [0.5, 0.6) is 0 Å². The van der Waals surface area contributed by atoms with Gasteiger partial charge >= 0.3 is 6.18 Å². The van der Waals surface area contributed by atoms with Crippen molar-refractivity contribution in [3.8, 4) is 0 Å². The number of hydrogen-bond acceptors (Lipinski definition) is 4. The third kappa shape index (κ3) is 3.04. The van der Waals surface area contributed by atoms with Crippen LogP contribution in [0.4, 0.5) is 24.5 Å². The summed E-state index contributed by atoms with van der Waals surface area (Å²) in [4.78, 5) is 0. The van der Waals surface area contributed by atoms with Crippen molar-refractivity contribution in [1.82, 2.24) is 0 Å². The minimum absolute atomic E-state index is 0.289. The molecule has 0 radical (unpaired) electrons. The van der Waals surface area contributed by atoms with Gasteiger partial charge in [0, 0.05) is 6.07 Å². The number of rotatable bonds is 2. The van der Waals surface area contributed by atoms with Gasteiger partial charge in [0.15, 0.2) is 11.4 Å². The minimum Gasteiger partial charge on any atom is -0.595 e. The van der Waals surface area contributed by atoms with E-state index in [1.54, 1.807) is 0 Å². The van der Waals surface area contributed by atoms with E-state index in [0.717, 1.165) is 0 Å². The van der Waals surface area contributed by atoms with Crippen LogP contribution < -0.4 is 10.5 Å². The summed E-state index contributed by atoms with van der Waals surface area (Å²) < 4.78 is 37.4. The number of benzene rings is 1. The van der Waals surface area contributed by atoms with E-state index in [1.165, 1.54) is 0 Å². The molecule has 0 aliphatic rings. The van der Waals surface area contributed by atoms with Gasteiger partial charge in [0.1, 0.15) is 5.02 Å². The largest absolute Gasteiger partial charge is 0.595 e. The summed E-state index contributed by atoms with van der Waals surface area (Å²) in [5.41, 5.74) is -3.19. The Balaban J connectivity index is 3.49. The van der Waals surface area contributed by atoms with Crippen molar-refractivity contribution < 1.29 is 34.0 Å². The Morgan fingerprint density at radius 1 is 1.12 bits per heavy atom. The van der Waals surface area contributed by atoms with Gasteiger partial charge in [-0.05, 0) is 0 Å². The van der Waals surface area contributed by atoms with Gasteiger partial charge in [-0.1, -0.05) is 11.6 Å². The molecule has 0 spiro atoms. The van der Waals surface area contributed by atoms with E-state index in [0.29, 0.717) is 6.07 Å². The van der Waals surface area contributed by atoms with Gasteiger partial charge < -0.3 is 10.4 Å². The molecular formula is C7H6ClF3N2O4. The average Bonchev–Trinajstić information content (AvgIpc) is 2.15. The Bertz CT molecular complexity index is 424. The lowest BCUT2D eigenvalue weighted by atomic mass is 10.1. The predicted molar refractivity (Wildman–Crippen MR) is 48.0 cm³/mol. The molecule has 0 aromatic heterocycles. The highest BCUT2D eigenvalue weighted by Crippen LogP contribution is 2.38. The van der Waals surface area contributed by atoms with Crippen LogP contribution in [0.2, 0.25) is 5.02 Å². The second-order valence-electron chi connectivity index (χ2n) is 2.99. The molecule has 1 rings (SSSR count). The van der Waals surface area contributed by atoms with Crippen LogP contribution in [0.1, 0.15) is 5.56 Å². The molecule has 0 bridgehead atoms. The summed E-state index contributed by atoms with van der Waals surface area (Å²) in [6.07, 6.45) is -4.92. The summed E-state index contributed by atoms with van der Waals surface area (Å²) in [5, 5.41) is 33.9. The van der Waals surface area contributed by atoms with Gasteiger partial charge in [-0.25, -0.2) is 10.4 Å². The van der Waals surface area contributed by atoms with Crippen molar-refractivity contribution in [2.24, 2.45) is 0 Å². The van der Waals surface area contributed by atoms with E-state index in [9.17, 15) is 23.6 Å². The maximum absolute atomic E-state index is 12.5. The molecule has 0 aliphatic heterocycles. The molecule has 17 heavy (non-hydrogen) atoms. The number of quaternary nitrogens is 2. The van der Waals surface area contributed by atoms with Crippen LogP contribution in [-0.4, -0.2) is 10.4 Å². The second kappa shape index (κ2) is 4.74. The highest BCUT2D eigenvalue weighted by Gasteiger charge is 2.37. The fraction of sp³-hybridized carbons (Fsp3) is 0.143. The molecule has 0 fully saturated rings. The maximum Gasteiger partial charge on any atom is 0.418 e. The molecule has 6 nitrogen and oxygen atoms in total. The lowest BCUT2D eigenvalue weighted by Crippen LogP contribution is -3.01. The van der Waals surface area contributed by atoms with Crippen LogP contribution in [0.25, 0.3) is 0 Å². The van der Waals surface area contributed by atoms with Gasteiger partial charge in [0.05, 0.1) is 11.6 Å². The topological polar surface area (TPSA) is 95.5 Å². The molecule has 0 amide bonds. The van der Waals surface area contributed by atoms with Crippen LogP contribution in [-0.2, 0) is 6.18 Å². The zero-order chi connectivity index (χ0) is 13.4. The molecular weight excluding hydrogens is 269 g/mol. The maximum atomic E-state index is 12.5. The van der Waals surface area contributed by atoms with Crippen LogP contribution in [0, 0.1) is 10.4 Å². The molecule has 2 unspecified atom stereocenters. The molecule has 10 heteroatoms. The molecule has 0 heterocycles. The average molecular weight is 275 g/mol. The summed E-state index contributed by atoms with van der Waals surface area (Å²) in [6.45, 7) is 0. The van der Waals surface area contributed by atoms with Gasteiger partial charge in [0.25, 0.3) is 0 Å². The lowest BCUT2D eigenvalue weighted by molar-refractivity contribution is -0.996. The first-order valence-electron chi connectivity index (χ1n) is 4.02. The quantitative estimate of drug-likeness (QED) is 0.578. The van der Waals surface area contributed by atoms with E-state index in [-0.39, 0.29) is 6.07 Å². The first-order chi connectivity index (χ1) is 7.64. The normalized spacial score (nSPS) is 15.8. The second-order valence-corrected chi connectivity index (χ2v) is 3.37. The third-order valence-electron chi connectivity index (χ3n) is 1.86. The predicted octanol–water partition coefficient (Wildman–Crippen LogP) is 0.166. The lowest BCUT2D eigenvalue weighted by Gasteiger charge is -2.19. The van der Waals surface area contributed by atoms with E-state index in [1.807, 2.05) is 0 Å². The molecule has 0 saturated carbocycles. The molecule has 96 valence electrons. The molecule has 0 saturated heterocycles. The van der Waals surface area contributed by atoms with E-state index >= 15 is 0 Å². The van der Waals surface area contributed by atoms with Gasteiger partial charge in [-0.2, -0.15) is 23.6 Å². The van der Waals surface area contributed by atoms with E-state index in [4.69, 9.17) is 22.0 Å². The molecule has 1 aromatic rings. The van der Waals surface area contributed by atoms with E-state index in [2.05, 4.69) is 0 Å². The fourth-order valence-corrected chi connectivity index (χ4v) is 1.41. The summed E-state index contributed by atoms with van der Waals surface area (Å²) in [7, 11) is 0. The van der Waals surface area contributed by atoms with Crippen molar-refractivity contribution in [1.29, 1.82) is 0 Å². The Hall–Kier alpha value is -0.940. The van der Waals surface area contributed by atoms with Crippen LogP contribution in [0.15, 0.2) is 12.1 Å². The fourth-order valence-electron chi connectivity index (χ4n) is 1.11. The molecule has 0 aliphatic carbocycles. The summed E-state index contributed by atoms with van der Waals surface area (Å²) in [6, 6.07) is 0.860. The first-order valence-corrected chi connectivity index (χ1v) is 4.39. The van der Waals surface area contributed by atoms with Crippen molar-refractivity contribution in [3.63, 3.8) is 0 Å².